The van der Waals surface area contributed by atoms with Crippen LogP contribution in [-0.4, -0.2) is 26.0 Å². The topological polar surface area (TPSA) is 60.7 Å². The summed E-state index contributed by atoms with van der Waals surface area (Å²) in [4.78, 5) is 14.9. The van der Waals surface area contributed by atoms with Gasteiger partial charge in [-0.3, -0.25) is 4.79 Å². The smallest absolute Gasteiger partial charge is 0.214 e. The number of rotatable bonds is 4. The average Bonchev–Trinajstić information content (AvgIpc) is 3.07. The lowest BCUT2D eigenvalue weighted by Crippen LogP contribution is -2.12. The van der Waals surface area contributed by atoms with Crippen molar-refractivity contribution in [1.82, 2.24) is 20.2 Å². The highest BCUT2D eigenvalue weighted by Gasteiger charge is 2.13. The molecule has 3 aromatic rings. The third-order valence-corrected chi connectivity index (χ3v) is 4.86. The minimum Gasteiger partial charge on any atom is -0.291 e. The Balaban J connectivity index is 1.76. The summed E-state index contributed by atoms with van der Waals surface area (Å²) in [5.74, 6) is 0.529. The molecule has 19 heavy (non-hydrogen) atoms. The molecule has 0 saturated carbocycles. The van der Waals surface area contributed by atoms with Gasteiger partial charge in [0.25, 0.3) is 0 Å². The second kappa shape index (κ2) is 5.32. The fourth-order valence-electron chi connectivity index (χ4n) is 1.49. The lowest BCUT2D eigenvalue weighted by molar-refractivity contribution is 0.0965. The van der Waals surface area contributed by atoms with Crippen molar-refractivity contribution in [3.63, 3.8) is 0 Å². The minimum atomic E-state index is -0.0224. The van der Waals surface area contributed by atoms with Crippen molar-refractivity contribution in [1.29, 1.82) is 0 Å². The van der Waals surface area contributed by atoms with Crippen molar-refractivity contribution in [2.24, 2.45) is 0 Å². The van der Waals surface area contributed by atoms with E-state index >= 15 is 0 Å². The Morgan fingerprint density at radius 1 is 1.37 bits per heavy atom. The van der Waals surface area contributed by atoms with Crippen LogP contribution in [0.15, 0.2) is 33.4 Å². The van der Waals surface area contributed by atoms with Crippen LogP contribution in [0.1, 0.15) is 9.67 Å². The molecule has 0 aliphatic heterocycles. The first kappa shape index (κ1) is 12.6. The van der Waals surface area contributed by atoms with Gasteiger partial charge in [0.1, 0.15) is 6.54 Å². The fourth-order valence-corrected chi connectivity index (χ4v) is 3.45. The summed E-state index contributed by atoms with van der Waals surface area (Å²) in [6.45, 7) is 0.103. The summed E-state index contributed by atoms with van der Waals surface area (Å²) >= 11 is 6.27. The fraction of sp³-hybridized carbons (Fsp3) is 0.0909. The lowest BCUT2D eigenvalue weighted by Gasteiger charge is -1.95. The van der Waals surface area contributed by atoms with E-state index in [1.165, 1.54) is 16.1 Å². The molecule has 5 nitrogen and oxygen atoms in total. The van der Waals surface area contributed by atoms with Gasteiger partial charge in [0.05, 0.1) is 13.5 Å². The molecule has 0 aliphatic carbocycles. The lowest BCUT2D eigenvalue weighted by atomic mass is 10.3. The van der Waals surface area contributed by atoms with E-state index in [4.69, 9.17) is 0 Å². The van der Waals surface area contributed by atoms with Crippen LogP contribution in [0.25, 0.3) is 10.7 Å². The van der Waals surface area contributed by atoms with Gasteiger partial charge in [-0.25, -0.2) is 0 Å². The highest BCUT2D eigenvalue weighted by molar-refractivity contribution is 9.11. The van der Waals surface area contributed by atoms with Crippen molar-refractivity contribution in [2.45, 2.75) is 6.54 Å². The van der Waals surface area contributed by atoms with Gasteiger partial charge in [0.15, 0.2) is 5.78 Å². The zero-order valence-corrected chi connectivity index (χ0v) is 12.7. The highest BCUT2D eigenvalue weighted by atomic mass is 79.9. The monoisotopic (exact) mass is 354 g/mol. The number of halogens is 1. The molecule has 3 aromatic heterocycles. The number of carbonyl (C=O) groups is 1. The predicted octanol–water partition coefficient (Wildman–Crippen LogP) is 3.11. The number of Topliss-reactive ketones (excluding diaryl/α,β-unsaturated/α-hetero) is 1. The maximum Gasteiger partial charge on any atom is 0.214 e. The normalized spacial score (nSPS) is 10.8. The number of aromatic nitrogens is 4. The van der Waals surface area contributed by atoms with Crippen LogP contribution in [-0.2, 0) is 6.54 Å². The second-order valence-electron chi connectivity index (χ2n) is 3.65. The maximum atomic E-state index is 12.0. The molecule has 0 N–H and O–H groups in total. The Morgan fingerprint density at radius 3 is 2.95 bits per heavy atom. The molecule has 0 unspecified atom stereocenters. The first-order valence-electron chi connectivity index (χ1n) is 5.32. The van der Waals surface area contributed by atoms with Crippen molar-refractivity contribution in [3.8, 4) is 10.7 Å². The van der Waals surface area contributed by atoms with Crippen molar-refractivity contribution >= 4 is 44.4 Å². The van der Waals surface area contributed by atoms with E-state index in [2.05, 4.69) is 31.3 Å². The molecule has 0 atom stereocenters. The summed E-state index contributed by atoms with van der Waals surface area (Å²) in [7, 11) is 0. The SMILES string of the molecule is O=C(Cn1nnc(-c2cccs2)n1)c1ccc(Br)s1. The molecular formula is C11H7BrN4OS2. The quantitative estimate of drug-likeness (QED) is 0.675. The number of tetrazole rings is 1. The molecule has 0 aromatic carbocycles. The number of ketones is 1. The van der Waals surface area contributed by atoms with E-state index in [0.717, 1.165) is 8.66 Å². The van der Waals surface area contributed by atoms with Crippen molar-refractivity contribution in [2.75, 3.05) is 0 Å². The maximum absolute atomic E-state index is 12.0. The Hall–Kier alpha value is -1.38. The zero-order chi connectivity index (χ0) is 13.2. The van der Waals surface area contributed by atoms with Gasteiger partial charge in [0, 0.05) is 0 Å². The molecule has 96 valence electrons. The third-order valence-electron chi connectivity index (χ3n) is 2.33. The van der Waals surface area contributed by atoms with Crippen LogP contribution in [0.3, 0.4) is 0 Å². The van der Waals surface area contributed by atoms with E-state index < -0.39 is 0 Å². The zero-order valence-electron chi connectivity index (χ0n) is 9.49. The summed E-state index contributed by atoms with van der Waals surface area (Å²) in [5, 5.41) is 14.0. The Morgan fingerprint density at radius 2 is 2.26 bits per heavy atom. The largest absolute Gasteiger partial charge is 0.291 e. The summed E-state index contributed by atoms with van der Waals surface area (Å²) < 4.78 is 0.932. The van der Waals surface area contributed by atoms with Gasteiger partial charge in [0.2, 0.25) is 5.82 Å². The van der Waals surface area contributed by atoms with Crippen LogP contribution in [0.5, 0.6) is 0 Å². The summed E-state index contributed by atoms with van der Waals surface area (Å²) in [6, 6.07) is 7.48. The third kappa shape index (κ3) is 2.80. The van der Waals surface area contributed by atoms with Gasteiger partial charge in [-0.15, -0.1) is 32.9 Å². The van der Waals surface area contributed by atoms with Crippen LogP contribution >= 0.6 is 38.6 Å². The van der Waals surface area contributed by atoms with E-state index in [1.807, 2.05) is 23.6 Å². The molecule has 3 heterocycles. The number of thiophene rings is 2. The molecule has 0 saturated heterocycles. The molecule has 8 heteroatoms. The molecule has 3 rings (SSSR count). The molecule has 0 spiro atoms. The standard InChI is InChI=1S/C11H7BrN4OS2/c12-10-4-3-8(19-10)7(17)6-16-14-11(13-15-16)9-2-1-5-18-9/h1-5H,6H2. The van der Waals surface area contributed by atoms with Gasteiger partial charge < -0.3 is 0 Å². The average molecular weight is 355 g/mol. The van der Waals surface area contributed by atoms with Gasteiger partial charge >= 0.3 is 0 Å². The number of nitrogens with zero attached hydrogens (tertiary/aromatic N) is 4. The summed E-state index contributed by atoms with van der Waals surface area (Å²) in [6.07, 6.45) is 0. The first-order chi connectivity index (χ1) is 9.22. The van der Waals surface area contributed by atoms with Crippen molar-refractivity contribution in [3.05, 3.63) is 38.3 Å². The molecule has 0 radical (unpaired) electrons. The predicted molar refractivity (Wildman–Crippen MR) is 77.5 cm³/mol. The van der Waals surface area contributed by atoms with E-state index in [9.17, 15) is 4.79 Å². The van der Waals surface area contributed by atoms with Crippen LogP contribution in [0, 0.1) is 0 Å². The Kier molecular flexibility index (Phi) is 3.54. The summed E-state index contributed by atoms with van der Waals surface area (Å²) in [5.41, 5.74) is 0. The van der Waals surface area contributed by atoms with E-state index in [1.54, 1.807) is 17.4 Å². The molecule has 0 bridgehead atoms. The van der Waals surface area contributed by atoms with Gasteiger partial charge in [-0.05, 0) is 44.7 Å². The molecule has 0 aliphatic rings. The van der Waals surface area contributed by atoms with E-state index in [-0.39, 0.29) is 12.3 Å². The van der Waals surface area contributed by atoms with Crippen LogP contribution < -0.4 is 0 Å². The van der Waals surface area contributed by atoms with E-state index in [0.29, 0.717) is 10.7 Å². The van der Waals surface area contributed by atoms with Crippen molar-refractivity contribution < 1.29 is 4.79 Å². The molecule has 0 amide bonds. The second-order valence-corrected chi connectivity index (χ2v) is 7.06. The number of carbonyl (C=O) groups excluding carboxylic acids is 1. The number of hydrogen-bond donors (Lipinski definition) is 0. The molecule has 0 fully saturated rings. The minimum absolute atomic E-state index is 0.0224. The molecular weight excluding hydrogens is 348 g/mol. The highest BCUT2D eigenvalue weighted by Crippen LogP contribution is 2.23. The Labute approximate surface area is 125 Å². The van der Waals surface area contributed by atoms with Crippen LogP contribution in [0.2, 0.25) is 0 Å². The van der Waals surface area contributed by atoms with Crippen LogP contribution in [0.4, 0.5) is 0 Å². The van der Waals surface area contributed by atoms with Gasteiger partial charge in [-0.2, -0.15) is 4.80 Å². The first-order valence-corrected chi connectivity index (χ1v) is 7.81. The number of hydrogen-bond acceptors (Lipinski definition) is 6. The van der Waals surface area contributed by atoms with Gasteiger partial charge in [-0.1, -0.05) is 6.07 Å². The Bertz CT molecular complexity index is 704.